The summed E-state index contributed by atoms with van der Waals surface area (Å²) >= 11 is 0. The van der Waals surface area contributed by atoms with Gasteiger partial charge in [0.15, 0.2) is 0 Å². The van der Waals surface area contributed by atoms with E-state index in [0.29, 0.717) is 0 Å². The molecule has 1 atom stereocenters. The van der Waals surface area contributed by atoms with Crippen LogP contribution in [0.3, 0.4) is 0 Å². The van der Waals surface area contributed by atoms with Gasteiger partial charge < -0.3 is 15.5 Å². The van der Waals surface area contributed by atoms with E-state index < -0.39 is 0 Å². The Balaban J connectivity index is 2.05. The molecule has 1 heterocycles. The molecular formula is C17H25N3O. The lowest BCUT2D eigenvalue weighted by Gasteiger charge is -2.22. The lowest BCUT2D eigenvalue weighted by Crippen LogP contribution is -2.39. The normalized spacial score (nSPS) is 17.6. The Hall–Kier alpha value is -1.97. The molecular weight excluding hydrogens is 262 g/mol. The number of carbonyl (C=O) groups excluding carboxylic acids is 1. The summed E-state index contributed by atoms with van der Waals surface area (Å²) in [6.45, 7) is 5.03. The number of nitrogens with one attached hydrogen (secondary N) is 2. The highest BCUT2D eigenvalue weighted by Crippen LogP contribution is 2.31. The van der Waals surface area contributed by atoms with E-state index in [1.807, 2.05) is 18.1 Å². The first-order valence-electron chi connectivity index (χ1n) is 7.63. The zero-order valence-electron chi connectivity index (χ0n) is 13.1. The fraction of sp³-hybridized carbons (Fsp3) is 0.471. The van der Waals surface area contributed by atoms with Crippen molar-refractivity contribution in [2.45, 2.75) is 39.2 Å². The Bertz CT molecular complexity index is 525. The van der Waals surface area contributed by atoms with Crippen LogP contribution in [0.25, 0.3) is 0 Å². The van der Waals surface area contributed by atoms with Crippen molar-refractivity contribution < 1.29 is 4.79 Å². The van der Waals surface area contributed by atoms with Crippen molar-refractivity contribution in [1.82, 2.24) is 10.6 Å². The van der Waals surface area contributed by atoms with Crippen LogP contribution in [0, 0.1) is 6.92 Å². The highest BCUT2D eigenvalue weighted by molar-refractivity contribution is 5.81. The third kappa shape index (κ3) is 3.57. The standard InChI is InChI=1S/C17H25N3O/c1-4-5-15(10-18-3)19-11-16-9-14-8-13(2)6-7-17(14)20(16)12-21/h6-8,10,12,16,18-19H,4-5,9,11H2,1-3H3/b15-10-. The summed E-state index contributed by atoms with van der Waals surface area (Å²) < 4.78 is 0. The maximum Gasteiger partial charge on any atom is 0.214 e. The number of hydrogen-bond acceptors (Lipinski definition) is 3. The average molecular weight is 287 g/mol. The van der Waals surface area contributed by atoms with E-state index in [2.05, 4.69) is 42.7 Å². The smallest absolute Gasteiger partial charge is 0.214 e. The van der Waals surface area contributed by atoms with Crippen LogP contribution in [0.4, 0.5) is 5.69 Å². The van der Waals surface area contributed by atoms with Gasteiger partial charge in [0.2, 0.25) is 6.41 Å². The molecule has 4 heteroatoms. The molecule has 0 saturated heterocycles. The third-order valence-corrected chi connectivity index (χ3v) is 3.88. The Morgan fingerprint density at radius 3 is 2.95 bits per heavy atom. The van der Waals surface area contributed by atoms with Gasteiger partial charge in [0.05, 0.1) is 6.04 Å². The van der Waals surface area contributed by atoms with Crippen LogP contribution in [-0.4, -0.2) is 26.0 Å². The fourth-order valence-electron chi connectivity index (χ4n) is 2.90. The maximum absolute atomic E-state index is 11.4. The van der Waals surface area contributed by atoms with Gasteiger partial charge in [0.1, 0.15) is 0 Å². The minimum absolute atomic E-state index is 0.191. The van der Waals surface area contributed by atoms with Crippen molar-refractivity contribution in [3.63, 3.8) is 0 Å². The first-order valence-corrected chi connectivity index (χ1v) is 7.63. The van der Waals surface area contributed by atoms with Gasteiger partial charge in [-0.1, -0.05) is 31.0 Å². The topological polar surface area (TPSA) is 44.4 Å². The van der Waals surface area contributed by atoms with E-state index in [0.717, 1.165) is 37.9 Å². The van der Waals surface area contributed by atoms with Crippen LogP contribution in [-0.2, 0) is 11.2 Å². The first-order chi connectivity index (χ1) is 10.2. The Morgan fingerprint density at radius 2 is 2.29 bits per heavy atom. The van der Waals surface area contributed by atoms with Gasteiger partial charge in [0, 0.05) is 31.2 Å². The molecule has 0 aromatic heterocycles. The largest absolute Gasteiger partial charge is 0.393 e. The van der Waals surface area contributed by atoms with Crippen LogP contribution in [0.15, 0.2) is 30.1 Å². The number of benzene rings is 1. The highest BCUT2D eigenvalue weighted by Gasteiger charge is 2.28. The number of aryl methyl sites for hydroxylation is 1. The molecule has 2 rings (SSSR count). The van der Waals surface area contributed by atoms with Crippen LogP contribution in [0.1, 0.15) is 30.9 Å². The van der Waals surface area contributed by atoms with E-state index in [1.54, 1.807) is 0 Å². The number of anilines is 1. The molecule has 0 spiro atoms. The molecule has 1 unspecified atom stereocenters. The summed E-state index contributed by atoms with van der Waals surface area (Å²) in [5.74, 6) is 0. The van der Waals surface area contributed by atoms with Crippen molar-refractivity contribution in [2.24, 2.45) is 0 Å². The predicted octanol–water partition coefficient (Wildman–Crippen LogP) is 2.33. The molecule has 1 amide bonds. The zero-order chi connectivity index (χ0) is 15.2. The molecule has 0 radical (unpaired) electrons. The highest BCUT2D eigenvalue weighted by atomic mass is 16.1. The molecule has 114 valence electrons. The predicted molar refractivity (Wildman–Crippen MR) is 87.3 cm³/mol. The first kappa shape index (κ1) is 15.4. The minimum Gasteiger partial charge on any atom is -0.393 e. The van der Waals surface area contributed by atoms with Gasteiger partial charge >= 0.3 is 0 Å². The van der Waals surface area contributed by atoms with Crippen LogP contribution >= 0.6 is 0 Å². The lowest BCUT2D eigenvalue weighted by molar-refractivity contribution is -0.107. The molecule has 0 bridgehead atoms. The molecule has 1 aromatic carbocycles. The summed E-state index contributed by atoms with van der Waals surface area (Å²) in [5.41, 5.74) is 4.76. The number of carbonyl (C=O) groups is 1. The Kier molecular flexibility index (Phi) is 5.26. The maximum atomic E-state index is 11.4. The summed E-state index contributed by atoms with van der Waals surface area (Å²) in [6, 6.07) is 6.49. The fourth-order valence-corrected chi connectivity index (χ4v) is 2.90. The quantitative estimate of drug-likeness (QED) is 0.757. The summed E-state index contributed by atoms with van der Waals surface area (Å²) in [5, 5.41) is 6.55. The second kappa shape index (κ2) is 7.16. The average Bonchev–Trinajstić information content (AvgIpc) is 2.81. The molecule has 0 aliphatic carbocycles. The zero-order valence-corrected chi connectivity index (χ0v) is 13.1. The van der Waals surface area contributed by atoms with Crippen LogP contribution < -0.4 is 15.5 Å². The van der Waals surface area contributed by atoms with E-state index in [4.69, 9.17) is 0 Å². The van der Waals surface area contributed by atoms with Gasteiger partial charge in [-0.25, -0.2) is 0 Å². The van der Waals surface area contributed by atoms with Gasteiger partial charge in [-0.15, -0.1) is 0 Å². The summed E-state index contributed by atoms with van der Waals surface area (Å²) in [4.78, 5) is 13.3. The number of allylic oxidation sites excluding steroid dienone is 1. The van der Waals surface area contributed by atoms with Crippen molar-refractivity contribution in [1.29, 1.82) is 0 Å². The molecule has 0 saturated carbocycles. The van der Waals surface area contributed by atoms with Gasteiger partial charge in [-0.2, -0.15) is 0 Å². The molecule has 1 aliphatic heterocycles. The second-order valence-electron chi connectivity index (χ2n) is 5.59. The van der Waals surface area contributed by atoms with E-state index >= 15 is 0 Å². The van der Waals surface area contributed by atoms with Crippen molar-refractivity contribution >= 4 is 12.1 Å². The summed E-state index contributed by atoms with van der Waals surface area (Å²) in [7, 11) is 1.91. The third-order valence-electron chi connectivity index (χ3n) is 3.88. The minimum atomic E-state index is 0.191. The number of hydrogen-bond donors (Lipinski definition) is 2. The Morgan fingerprint density at radius 1 is 1.48 bits per heavy atom. The van der Waals surface area contributed by atoms with Crippen LogP contribution in [0.5, 0.6) is 0 Å². The molecule has 0 fully saturated rings. The lowest BCUT2D eigenvalue weighted by atomic mass is 10.1. The van der Waals surface area contributed by atoms with Crippen molar-refractivity contribution in [3.05, 3.63) is 41.2 Å². The van der Waals surface area contributed by atoms with E-state index in [-0.39, 0.29) is 6.04 Å². The molecule has 1 aromatic rings. The molecule has 2 N–H and O–H groups in total. The van der Waals surface area contributed by atoms with Gasteiger partial charge in [0.25, 0.3) is 0 Å². The van der Waals surface area contributed by atoms with Crippen LogP contribution in [0.2, 0.25) is 0 Å². The number of rotatable bonds is 7. The monoisotopic (exact) mass is 287 g/mol. The van der Waals surface area contributed by atoms with E-state index in [9.17, 15) is 4.79 Å². The SMILES string of the molecule is CCC/C(=C/NC)NCC1Cc2cc(C)ccc2N1C=O. The van der Waals surface area contributed by atoms with Crippen molar-refractivity contribution in [2.75, 3.05) is 18.5 Å². The molecule has 21 heavy (non-hydrogen) atoms. The van der Waals surface area contributed by atoms with Gasteiger partial charge in [-0.05, 0) is 31.4 Å². The summed E-state index contributed by atoms with van der Waals surface area (Å²) in [6.07, 6.45) is 5.99. The van der Waals surface area contributed by atoms with Gasteiger partial charge in [-0.3, -0.25) is 4.79 Å². The van der Waals surface area contributed by atoms with Crippen molar-refractivity contribution in [3.8, 4) is 0 Å². The second-order valence-corrected chi connectivity index (χ2v) is 5.59. The van der Waals surface area contributed by atoms with E-state index in [1.165, 1.54) is 16.8 Å². The number of amides is 1. The molecule has 1 aliphatic rings. The molecule has 4 nitrogen and oxygen atoms in total. The number of nitrogens with zero attached hydrogens (tertiary/aromatic N) is 1. The Labute approximate surface area is 127 Å². The number of fused-ring (bicyclic) bond motifs is 1.